The van der Waals surface area contributed by atoms with Crippen LogP contribution in [0.2, 0.25) is 0 Å². The Morgan fingerprint density at radius 3 is 2.55 bits per heavy atom. The molecule has 124 valence electrons. The first-order valence-corrected chi connectivity index (χ1v) is 9.31. The van der Waals surface area contributed by atoms with Crippen molar-refractivity contribution in [1.82, 2.24) is 14.7 Å². The van der Waals surface area contributed by atoms with Crippen molar-refractivity contribution in [2.45, 2.75) is 53.2 Å². The lowest BCUT2D eigenvalue weighted by atomic mass is 9.98. The van der Waals surface area contributed by atoms with Gasteiger partial charge in [0.25, 0.3) is 0 Å². The van der Waals surface area contributed by atoms with E-state index in [4.69, 9.17) is 4.74 Å². The average molecular weight is 327 g/mol. The van der Waals surface area contributed by atoms with Gasteiger partial charge in [0, 0.05) is 6.61 Å². The lowest BCUT2D eigenvalue weighted by Gasteiger charge is -2.27. The molecule has 0 bridgehead atoms. The summed E-state index contributed by atoms with van der Waals surface area (Å²) < 4.78 is 32.6. The first-order valence-electron chi connectivity index (χ1n) is 7.66. The number of hydrogen-bond acceptors (Lipinski definition) is 5. The number of hydrogen-bond donors (Lipinski definition) is 1. The van der Waals surface area contributed by atoms with E-state index in [2.05, 4.69) is 14.7 Å². The van der Waals surface area contributed by atoms with Crippen LogP contribution in [0.25, 0.3) is 0 Å². The number of rotatable bonds is 5. The Labute approximate surface area is 132 Å². The van der Waals surface area contributed by atoms with Gasteiger partial charge < -0.3 is 4.74 Å². The van der Waals surface area contributed by atoms with E-state index in [0.717, 1.165) is 29.9 Å². The van der Waals surface area contributed by atoms with Crippen LogP contribution in [0, 0.1) is 26.7 Å². The monoisotopic (exact) mass is 327 g/mol. The van der Waals surface area contributed by atoms with Crippen LogP contribution in [0.3, 0.4) is 0 Å². The molecular weight excluding hydrogens is 302 g/mol. The van der Waals surface area contributed by atoms with Crippen LogP contribution in [0.15, 0.2) is 0 Å². The van der Waals surface area contributed by atoms with E-state index in [1.807, 2.05) is 27.7 Å². The normalized spacial score (nSPS) is 22.7. The molecule has 2 rings (SSSR count). The molecule has 2 unspecified atom stereocenters. The number of ether oxygens (including phenoxy) is 1. The van der Waals surface area contributed by atoms with Crippen LogP contribution in [-0.4, -0.2) is 36.8 Å². The minimum absolute atomic E-state index is 0.141. The molecule has 1 saturated heterocycles. The first-order chi connectivity index (χ1) is 10.3. The highest BCUT2D eigenvalue weighted by Crippen LogP contribution is 2.21. The highest BCUT2D eigenvalue weighted by molar-refractivity contribution is 7.89. The van der Waals surface area contributed by atoms with E-state index >= 15 is 0 Å². The summed E-state index contributed by atoms with van der Waals surface area (Å²) in [5.41, 5.74) is 3.16. The molecule has 1 aliphatic heterocycles. The van der Waals surface area contributed by atoms with Crippen molar-refractivity contribution in [2.24, 2.45) is 5.92 Å². The van der Waals surface area contributed by atoms with Crippen LogP contribution in [0.5, 0.6) is 0 Å². The van der Waals surface area contributed by atoms with Gasteiger partial charge >= 0.3 is 0 Å². The largest absolute Gasteiger partial charge is 0.378 e. The number of nitrogens with zero attached hydrogens (tertiary/aromatic N) is 2. The summed E-state index contributed by atoms with van der Waals surface area (Å²) in [4.78, 5) is 8.81. The fourth-order valence-corrected chi connectivity index (χ4v) is 4.12. The highest BCUT2D eigenvalue weighted by Gasteiger charge is 2.25. The van der Waals surface area contributed by atoms with Crippen LogP contribution >= 0.6 is 0 Å². The number of aryl methyl sites for hydroxylation is 3. The fraction of sp³-hybridized carbons (Fsp3) is 0.733. The predicted octanol–water partition coefficient (Wildman–Crippen LogP) is 1.64. The van der Waals surface area contributed by atoms with E-state index in [1.165, 1.54) is 0 Å². The quantitative estimate of drug-likeness (QED) is 0.889. The second kappa shape index (κ2) is 7.02. The van der Waals surface area contributed by atoms with E-state index in [1.54, 1.807) is 0 Å². The third kappa shape index (κ3) is 4.72. The van der Waals surface area contributed by atoms with Crippen LogP contribution < -0.4 is 4.72 Å². The Morgan fingerprint density at radius 2 is 1.86 bits per heavy atom. The predicted molar refractivity (Wildman–Crippen MR) is 85.0 cm³/mol. The molecule has 7 heteroatoms. The Balaban J connectivity index is 1.96. The maximum absolute atomic E-state index is 12.2. The van der Waals surface area contributed by atoms with E-state index in [-0.39, 0.29) is 24.3 Å². The molecule has 0 saturated carbocycles. The molecule has 1 N–H and O–H groups in total. The maximum Gasteiger partial charge on any atom is 0.212 e. The fourth-order valence-electron chi connectivity index (χ4n) is 2.72. The Hall–Kier alpha value is -1.05. The topological polar surface area (TPSA) is 81.2 Å². The zero-order valence-electron chi connectivity index (χ0n) is 13.7. The van der Waals surface area contributed by atoms with Crippen molar-refractivity contribution in [3.05, 3.63) is 22.8 Å². The maximum atomic E-state index is 12.2. The van der Waals surface area contributed by atoms with E-state index in [0.29, 0.717) is 12.3 Å². The van der Waals surface area contributed by atoms with Crippen molar-refractivity contribution >= 4 is 10.0 Å². The summed E-state index contributed by atoms with van der Waals surface area (Å²) in [6.07, 6.45) is 1.73. The summed E-state index contributed by atoms with van der Waals surface area (Å²) in [5, 5.41) is 0. The summed E-state index contributed by atoms with van der Waals surface area (Å²) >= 11 is 0. The van der Waals surface area contributed by atoms with Gasteiger partial charge in [-0.05, 0) is 46.5 Å². The van der Waals surface area contributed by atoms with Crippen LogP contribution in [0.1, 0.15) is 42.5 Å². The third-order valence-corrected chi connectivity index (χ3v) is 5.58. The van der Waals surface area contributed by atoms with Gasteiger partial charge in [0.1, 0.15) is 0 Å². The lowest BCUT2D eigenvalue weighted by Crippen LogP contribution is -2.34. The molecule has 0 amide bonds. The van der Waals surface area contributed by atoms with Gasteiger partial charge in [-0.1, -0.05) is 0 Å². The van der Waals surface area contributed by atoms with E-state index in [9.17, 15) is 8.42 Å². The molecule has 0 aliphatic carbocycles. The summed E-state index contributed by atoms with van der Waals surface area (Å²) in [7, 11) is -3.32. The molecule has 22 heavy (non-hydrogen) atoms. The zero-order chi connectivity index (χ0) is 16.3. The lowest BCUT2D eigenvalue weighted by molar-refractivity contribution is 0.00747. The molecule has 1 fully saturated rings. The minimum atomic E-state index is -3.32. The molecule has 0 spiro atoms. The van der Waals surface area contributed by atoms with Gasteiger partial charge in [0.05, 0.1) is 41.2 Å². The van der Waals surface area contributed by atoms with Crippen molar-refractivity contribution in [1.29, 1.82) is 0 Å². The SMILES string of the molecule is Cc1nc(C)c(CNS(=O)(=O)CC2CCOC(C)C2)nc1C. The summed E-state index contributed by atoms with van der Waals surface area (Å²) in [5.74, 6) is 0.311. The van der Waals surface area contributed by atoms with Crippen molar-refractivity contribution in [3.8, 4) is 0 Å². The molecule has 2 atom stereocenters. The first kappa shape index (κ1) is 17.3. The van der Waals surface area contributed by atoms with Gasteiger partial charge in [-0.3, -0.25) is 9.97 Å². The molecule has 0 aromatic carbocycles. The standard InChI is InChI=1S/C15H25N3O3S/c1-10-7-14(5-6-21-10)9-22(19,20)16-8-15-13(4)17-11(2)12(3)18-15/h10,14,16H,5-9H2,1-4H3. The van der Waals surface area contributed by atoms with Crippen molar-refractivity contribution < 1.29 is 13.2 Å². The van der Waals surface area contributed by atoms with Gasteiger partial charge in [0.2, 0.25) is 10.0 Å². The van der Waals surface area contributed by atoms with Gasteiger partial charge in [-0.2, -0.15) is 0 Å². The molecule has 1 aliphatic rings. The van der Waals surface area contributed by atoms with E-state index < -0.39 is 10.0 Å². The molecule has 2 heterocycles. The minimum Gasteiger partial charge on any atom is -0.378 e. The Bertz CT molecular complexity index is 631. The molecule has 1 aromatic rings. The average Bonchev–Trinajstić information content (AvgIpc) is 2.41. The molecular formula is C15H25N3O3S. The van der Waals surface area contributed by atoms with Crippen LogP contribution in [0.4, 0.5) is 0 Å². The summed E-state index contributed by atoms with van der Waals surface area (Å²) in [6.45, 7) is 8.45. The molecule has 0 radical (unpaired) electrons. The molecule has 1 aromatic heterocycles. The Morgan fingerprint density at radius 1 is 1.18 bits per heavy atom. The van der Waals surface area contributed by atoms with Gasteiger partial charge in [-0.25, -0.2) is 13.1 Å². The van der Waals surface area contributed by atoms with Crippen molar-refractivity contribution in [2.75, 3.05) is 12.4 Å². The van der Waals surface area contributed by atoms with Crippen molar-refractivity contribution in [3.63, 3.8) is 0 Å². The van der Waals surface area contributed by atoms with Crippen LogP contribution in [-0.2, 0) is 21.3 Å². The number of nitrogens with one attached hydrogen (secondary N) is 1. The number of aromatic nitrogens is 2. The van der Waals surface area contributed by atoms with Gasteiger partial charge in [0.15, 0.2) is 0 Å². The Kier molecular flexibility index (Phi) is 5.52. The number of sulfonamides is 1. The highest BCUT2D eigenvalue weighted by atomic mass is 32.2. The second-order valence-corrected chi connectivity index (χ2v) is 7.95. The molecule has 6 nitrogen and oxygen atoms in total. The third-order valence-electron chi connectivity index (χ3n) is 4.09. The zero-order valence-corrected chi connectivity index (χ0v) is 14.5. The summed E-state index contributed by atoms with van der Waals surface area (Å²) in [6, 6.07) is 0. The smallest absolute Gasteiger partial charge is 0.212 e. The van der Waals surface area contributed by atoms with Gasteiger partial charge in [-0.15, -0.1) is 0 Å². The second-order valence-electron chi connectivity index (χ2n) is 6.10.